The highest BCUT2D eigenvalue weighted by atomic mass is 32.2. The Morgan fingerprint density at radius 2 is 1.93 bits per heavy atom. The van der Waals surface area contributed by atoms with Crippen LogP contribution in [0.1, 0.15) is 30.6 Å². The maximum absolute atomic E-state index is 13.5. The van der Waals surface area contributed by atoms with Gasteiger partial charge >= 0.3 is 0 Å². The lowest BCUT2D eigenvalue weighted by molar-refractivity contribution is 0.305. The number of hydrogen-bond acceptors (Lipinski definition) is 7. The van der Waals surface area contributed by atoms with Gasteiger partial charge in [-0.3, -0.25) is 9.47 Å². The van der Waals surface area contributed by atoms with Gasteiger partial charge in [-0.25, -0.2) is 14.4 Å². The Morgan fingerprint density at radius 1 is 1.17 bits per heavy atom. The Balaban J connectivity index is 1.82. The van der Waals surface area contributed by atoms with Gasteiger partial charge in [-0.1, -0.05) is 6.92 Å². The minimum atomic E-state index is -0.277. The molecular formula is C20H21FN6S2. The maximum atomic E-state index is 13.5. The van der Waals surface area contributed by atoms with Gasteiger partial charge in [0.15, 0.2) is 5.82 Å². The number of halogens is 1. The third-order valence-electron chi connectivity index (χ3n) is 4.77. The second-order valence-electron chi connectivity index (χ2n) is 6.86. The molecule has 0 saturated carbocycles. The van der Waals surface area contributed by atoms with Crippen LogP contribution in [0, 0.1) is 5.82 Å². The van der Waals surface area contributed by atoms with Crippen molar-refractivity contribution in [1.82, 2.24) is 29.6 Å². The molecule has 9 heteroatoms. The van der Waals surface area contributed by atoms with Crippen LogP contribution in [0.25, 0.3) is 15.9 Å². The maximum Gasteiger partial charge on any atom is 0.202 e. The number of fused-ring (bicyclic) bond motifs is 1. The van der Waals surface area contributed by atoms with E-state index in [1.165, 1.54) is 28.8 Å². The lowest BCUT2D eigenvalue weighted by Crippen LogP contribution is -2.20. The summed E-state index contributed by atoms with van der Waals surface area (Å²) >= 11 is 3.13. The van der Waals surface area contributed by atoms with Crippen LogP contribution >= 0.6 is 23.1 Å². The van der Waals surface area contributed by atoms with Gasteiger partial charge in [0.05, 0.1) is 6.04 Å². The Morgan fingerprint density at radius 3 is 2.62 bits per heavy atom. The highest BCUT2D eigenvalue weighted by Crippen LogP contribution is 2.36. The van der Waals surface area contributed by atoms with Crippen molar-refractivity contribution in [2.24, 2.45) is 0 Å². The molecule has 1 aromatic carbocycles. The van der Waals surface area contributed by atoms with Crippen LogP contribution in [0.4, 0.5) is 4.39 Å². The SMILES string of the molecule is CCc1cc2c(Sc3nnc(C(C)N(C)C)n3-c3ccc(F)cc3)ncnc2s1. The molecule has 6 nitrogen and oxygen atoms in total. The average Bonchev–Trinajstić information content (AvgIpc) is 3.32. The van der Waals surface area contributed by atoms with Crippen molar-refractivity contribution in [2.45, 2.75) is 36.5 Å². The first-order valence-corrected chi connectivity index (χ1v) is 10.9. The molecule has 0 aliphatic heterocycles. The third kappa shape index (κ3) is 3.90. The number of rotatable bonds is 6. The van der Waals surface area contributed by atoms with Gasteiger partial charge in [-0.15, -0.1) is 21.5 Å². The minimum absolute atomic E-state index is 0.0279. The van der Waals surface area contributed by atoms with Crippen molar-refractivity contribution in [2.75, 3.05) is 14.1 Å². The normalized spacial score (nSPS) is 12.8. The fourth-order valence-electron chi connectivity index (χ4n) is 2.91. The summed E-state index contributed by atoms with van der Waals surface area (Å²) in [7, 11) is 3.99. The zero-order valence-electron chi connectivity index (χ0n) is 16.6. The molecule has 0 aliphatic carbocycles. The number of thiophene rings is 1. The summed E-state index contributed by atoms with van der Waals surface area (Å²) in [6, 6.07) is 8.55. The molecule has 4 aromatic rings. The fraction of sp³-hybridized carbons (Fsp3) is 0.300. The van der Waals surface area contributed by atoms with Crippen molar-refractivity contribution in [3.63, 3.8) is 0 Å². The van der Waals surface area contributed by atoms with E-state index in [-0.39, 0.29) is 11.9 Å². The molecule has 0 amide bonds. The monoisotopic (exact) mass is 428 g/mol. The highest BCUT2D eigenvalue weighted by molar-refractivity contribution is 7.99. The highest BCUT2D eigenvalue weighted by Gasteiger charge is 2.22. The minimum Gasteiger partial charge on any atom is -0.300 e. The Labute approximate surface area is 176 Å². The molecule has 0 fully saturated rings. The van der Waals surface area contributed by atoms with Crippen LogP contribution < -0.4 is 0 Å². The van der Waals surface area contributed by atoms with E-state index in [2.05, 4.69) is 45.0 Å². The predicted molar refractivity (Wildman–Crippen MR) is 114 cm³/mol. The van der Waals surface area contributed by atoms with Gasteiger partial charge in [0.1, 0.15) is 22.0 Å². The molecule has 0 spiro atoms. The molecule has 29 heavy (non-hydrogen) atoms. The molecular weight excluding hydrogens is 407 g/mol. The van der Waals surface area contributed by atoms with Gasteiger partial charge in [0, 0.05) is 16.0 Å². The Bertz CT molecular complexity index is 1140. The zero-order valence-corrected chi connectivity index (χ0v) is 18.3. The second kappa shape index (κ2) is 8.17. The van der Waals surface area contributed by atoms with Gasteiger partial charge in [0.2, 0.25) is 5.16 Å². The number of benzene rings is 1. The summed E-state index contributed by atoms with van der Waals surface area (Å²) in [6.07, 6.45) is 2.55. The number of nitrogens with zero attached hydrogens (tertiary/aromatic N) is 6. The summed E-state index contributed by atoms with van der Waals surface area (Å²) in [5, 5.41) is 11.4. The van der Waals surface area contributed by atoms with Crippen molar-refractivity contribution in [3.05, 3.63) is 53.2 Å². The van der Waals surface area contributed by atoms with Gasteiger partial charge in [-0.2, -0.15) is 0 Å². The standard InChI is InChI=1S/C20H21FN6S2/c1-5-15-10-16-18(28-15)22-11-23-19(16)29-20-25-24-17(12(2)26(3)4)27(20)14-8-6-13(21)7-9-14/h6-12H,5H2,1-4H3. The molecule has 150 valence electrons. The molecule has 0 bridgehead atoms. The molecule has 0 aliphatic rings. The van der Waals surface area contributed by atoms with Gasteiger partial charge in [0.25, 0.3) is 0 Å². The predicted octanol–water partition coefficient (Wildman–Crippen LogP) is 4.75. The topological polar surface area (TPSA) is 59.7 Å². The zero-order chi connectivity index (χ0) is 20.5. The van der Waals surface area contributed by atoms with Gasteiger partial charge in [-0.05, 0) is 69.5 Å². The smallest absolute Gasteiger partial charge is 0.202 e. The molecule has 1 atom stereocenters. The molecule has 0 saturated heterocycles. The summed E-state index contributed by atoms with van der Waals surface area (Å²) in [4.78, 5) is 13.2. The lowest BCUT2D eigenvalue weighted by Gasteiger charge is -2.20. The quantitative estimate of drug-likeness (QED) is 0.413. The Kier molecular flexibility index (Phi) is 5.62. The average molecular weight is 429 g/mol. The summed E-state index contributed by atoms with van der Waals surface area (Å²) in [5.74, 6) is 0.509. The third-order valence-corrected chi connectivity index (χ3v) is 6.92. The van der Waals surface area contributed by atoms with E-state index in [1.807, 2.05) is 18.7 Å². The summed E-state index contributed by atoms with van der Waals surface area (Å²) in [6.45, 7) is 4.19. The van der Waals surface area contributed by atoms with Crippen LogP contribution in [-0.4, -0.2) is 43.7 Å². The van der Waals surface area contributed by atoms with Crippen molar-refractivity contribution in [3.8, 4) is 5.69 Å². The van der Waals surface area contributed by atoms with E-state index in [9.17, 15) is 4.39 Å². The second-order valence-corrected chi connectivity index (χ2v) is 8.93. The molecule has 4 rings (SSSR count). The van der Waals surface area contributed by atoms with E-state index in [0.717, 1.165) is 33.2 Å². The van der Waals surface area contributed by atoms with Crippen molar-refractivity contribution >= 4 is 33.3 Å². The first-order valence-electron chi connectivity index (χ1n) is 9.27. The van der Waals surface area contributed by atoms with Gasteiger partial charge < -0.3 is 0 Å². The van der Waals surface area contributed by atoms with Crippen LogP contribution in [0.5, 0.6) is 0 Å². The molecule has 3 heterocycles. The lowest BCUT2D eigenvalue weighted by atomic mass is 10.2. The van der Waals surface area contributed by atoms with E-state index in [1.54, 1.807) is 29.8 Å². The Hall–Kier alpha value is -2.36. The van der Waals surface area contributed by atoms with Crippen molar-refractivity contribution in [1.29, 1.82) is 0 Å². The van der Waals surface area contributed by atoms with E-state index >= 15 is 0 Å². The largest absolute Gasteiger partial charge is 0.300 e. The molecule has 3 aromatic heterocycles. The number of aryl methyl sites for hydroxylation is 1. The van der Waals surface area contributed by atoms with Crippen molar-refractivity contribution < 1.29 is 4.39 Å². The first-order chi connectivity index (χ1) is 14.0. The fourth-order valence-corrected chi connectivity index (χ4v) is 4.82. The van der Waals surface area contributed by atoms with Crippen LogP contribution in [0.2, 0.25) is 0 Å². The van der Waals surface area contributed by atoms with Crippen LogP contribution in [-0.2, 0) is 6.42 Å². The van der Waals surface area contributed by atoms with E-state index in [4.69, 9.17) is 0 Å². The molecule has 1 unspecified atom stereocenters. The summed E-state index contributed by atoms with van der Waals surface area (Å²) in [5.41, 5.74) is 0.812. The number of aromatic nitrogens is 5. The number of hydrogen-bond donors (Lipinski definition) is 0. The first kappa shape index (κ1) is 19.9. The van der Waals surface area contributed by atoms with Crippen LogP contribution in [0.15, 0.2) is 46.8 Å². The van der Waals surface area contributed by atoms with E-state index < -0.39 is 0 Å². The summed E-state index contributed by atoms with van der Waals surface area (Å²) < 4.78 is 15.5. The van der Waals surface area contributed by atoms with Crippen LogP contribution in [0.3, 0.4) is 0 Å². The van der Waals surface area contributed by atoms with E-state index in [0.29, 0.717) is 5.16 Å². The molecule has 0 radical (unpaired) electrons. The molecule has 0 N–H and O–H groups in total.